The van der Waals surface area contributed by atoms with E-state index in [0.717, 1.165) is 38.3 Å². The summed E-state index contributed by atoms with van der Waals surface area (Å²) in [7, 11) is 0. The average molecular weight is 273 g/mol. The number of tetrazole rings is 1. The van der Waals surface area contributed by atoms with Crippen LogP contribution in [0.2, 0.25) is 0 Å². The number of nitrogens with zero attached hydrogens (tertiary/aromatic N) is 5. The molecule has 106 valence electrons. The van der Waals surface area contributed by atoms with E-state index >= 15 is 0 Å². The number of morpholine rings is 1. The average Bonchev–Trinajstić information content (AvgIpc) is 2.95. The Balaban J connectivity index is 1.58. The fourth-order valence-corrected chi connectivity index (χ4v) is 2.37. The summed E-state index contributed by atoms with van der Waals surface area (Å²) in [6.07, 6.45) is 0.312. The largest absolute Gasteiger partial charge is 0.376 e. The van der Waals surface area contributed by atoms with Crippen molar-refractivity contribution in [2.45, 2.75) is 19.6 Å². The van der Waals surface area contributed by atoms with Gasteiger partial charge in [-0.15, -0.1) is 10.2 Å². The monoisotopic (exact) mass is 273 g/mol. The van der Waals surface area contributed by atoms with Crippen molar-refractivity contribution in [2.75, 3.05) is 26.2 Å². The second-order valence-electron chi connectivity index (χ2n) is 5.06. The number of rotatable bonds is 4. The number of ether oxygens (including phenoxy) is 1. The Morgan fingerprint density at radius 1 is 1.25 bits per heavy atom. The van der Waals surface area contributed by atoms with Crippen molar-refractivity contribution >= 4 is 0 Å². The van der Waals surface area contributed by atoms with Gasteiger partial charge >= 0.3 is 0 Å². The van der Waals surface area contributed by atoms with Crippen LogP contribution in [-0.4, -0.2) is 57.5 Å². The number of benzene rings is 1. The van der Waals surface area contributed by atoms with Crippen molar-refractivity contribution in [3.05, 3.63) is 30.3 Å². The first-order valence-corrected chi connectivity index (χ1v) is 6.98. The maximum absolute atomic E-state index is 5.53. The first-order chi connectivity index (χ1) is 9.81. The molecule has 1 fully saturated rings. The molecule has 1 aliphatic rings. The van der Waals surface area contributed by atoms with Gasteiger partial charge in [0.15, 0.2) is 0 Å². The Bertz CT molecular complexity index is 542. The minimum atomic E-state index is 0.312. The summed E-state index contributed by atoms with van der Waals surface area (Å²) >= 11 is 0. The number of aromatic nitrogens is 4. The topological polar surface area (TPSA) is 56.1 Å². The molecule has 6 nitrogen and oxygen atoms in total. The summed E-state index contributed by atoms with van der Waals surface area (Å²) in [4.78, 5) is 4.04. The molecule has 20 heavy (non-hydrogen) atoms. The molecular weight excluding hydrogens is 254 g/mol. The lowest BCUT2D eigenvalue weighted by Crippen LogP contribution is -2.42. The van der Waals surface area contributed by atoms with Gasteiger partial charge in [-0.25, -0.2) is 0 Å². The second kappa shape index (κ2) is 6.11. The Morgan fingerprint density at radius 2 is 2.10 bits per heavy atom. The van der Waals surface area contributed by atoms with E-state index in [-0.39, 0.29) is 0 Å². The second-order valence-corrected chi connectivity index (χ2v) is 5.06. The maximum Gasteiger partial charge on any atom is 0.204 e. The molecule has 1 atom stereocenters. The minimum Gasteiger partial charge on any atom is -0.376 e. The molecule has 3 rings (SSSR count). The van der Waals surface area contributed by atoms with E-state index in [1.807, 2.05) is 30.3 Å². The fourth-order valence-electron chi connectivity index (χ4n) is 2.37. The quantitative estimate of drug-likeness (QED) is 0.833. The van der Waals surface area contributed by atoms with Crippen LogP contribution in [-0.2, 0) is 11.3 Å². The van der Waals surface area contributed by atoms with Crippen molar-refractivity contribution < 1.29 is 4.74 Å². The molecule has 6 heteroatoms. The van der Waals surface area contributed by atoms with Gasteiger partial charge in [-0.3, -0.25) is 4.90 Å². The molecule has 0 aliphatic carbocycles. The molecule has 1 unspecified atom stereocenters. The van der Waals surface area contributed by atoms with E-state index in [0.29, 0.717) is 11.9 Å². The van der Waals surface area contributed by atoms with E-state index in [2.05, 4.69) is 27.2 Å². The van der Waals surface area contributed by atoms with Gasteiger partial charge in [0, 0.05) is 25.2 Å². The highest BCUT2D eigenvalue weighted by Crippen LogP contribution is 2.11. The van der Waals surface area contributed by atoms with E-state index in [4.69, 9.17) is 4.74 Å². The molecule has 2 heterocycles. The zero-order chi connectivity index (χ0) is 13.8. The van der Waals surface area contributed by atoms with Gasteiger partial charge in [-0.05, 0) is 12.1 Å². The lowest BCUT2D eigenvalue weighted by atomic mass is 10.2. The van der Waals surface area contributed by atoms with E-state index < -0.39 is 0 Å². The van der Waals surface area contributed by atoms with Gasteiger partial charge in [-0.2, -0.15) is 4.80 Å². The highest BCUT2D eigenvalue weighted by molar-refractivity contribution is 5.52. The summed E-state index contributed by atoms with van der Waals surface area (Å²) in [6, 6.07) is 9.92. The van der Waals surface area contributed by atoms with Crippen LogP contribution >= 0.6 is 0 Å². The van der Waals surface area contributed by atoms with Crippen molar-refractivity contribution in [2.24, 2.45) is 0 Å². The SMILES string of the molecule is CC1CN(CCn2nnc(-c3ccccc3)n2)CCO1. The van der Waals surface area contributed by atoms with Gasteiger partial charge in [0.2, 0.25) is 5.82 Å². The molecule has 1 aromatic carbocycles. The van der Waals surface area contributed by atoms with E-state index in [1.165, 1.54) is 0 Å². The third-order valence-electron chi connectivity index (χ3n) is 3.43. The van der Waals surface area contributed by atoms with Crippen molar-refractivity contribution in [3.8, 4) is 11.4 Å². The minimum absolute atomic E-state index is 0.312. The van der Waals surface area contributed by atoms with Gasteiger partial charge < -0.3 is 4.74 Å². The van der Waals surface area contributed by atoms with Gasteiger partial charge in [-0.1, -0.05) is 30.3 Å². The zero-order valence-corrected chi connectivity index (χ0v) is 11.6. The zero-order valence-electron chi connectivity index (χ0n) is 11.6. The number of hydrogen-bond donors (Lipinski definition) is 0. The molecule has 1 aromatic heterocycles. The maximum atomic E-state index is 5.53. The third-order valence-corrected chi connectivity index (χ3v) is 3.43. The Hall–Kier alpha value is -1.79. The first-order valence-electron chi connectivity index (χ1n) is 6.98. The van der Waals surface area contributed by atoms with Crippen molar-refractivity contribution in [1.29, 1.82) is 0 Å². The summed E-state index contributed by atoms with van der Waals surface area (Å²) in [5.74, 6) is 0.681. The van der Waals surface area contributed by atoms with E-state index in [1.54, 1.807) is 4.80 Å². The van der Waals surface area contributed by atoms with Crippen LogP contribution < -0.4 is 0 Å². The Labute approximate surface area is 118 Å². The van der Waals surface area contributed by atoms with E-state index in [9.17, 15) is 0 Å². The predicted octanol–water partition coefficient (Wildman–Crippen LogP) is 1.06. The van der Waals surface area contributed by atoms with Crippen LogP contribution in [0.4, 0.5) is 0 Å². The Morgan fingerprint density at radius 3 is 2.90 bits per heavy atom. The molecule has 0 N–H and O–H groups in total. The van der Waals surface area contributed by atoms with Crippen LogP contribution in [0.3, 0.4) is 0 Å². The fraction of sp³-hybridized carbons (Fsp3) is 0.500. The molecule has 0 amide bonds. The molecule has 0 bridgehead atoms. The summed E-state index contributed by atoms with van der Waals surface area (Å²) in [5, 5.41) is 12.6. The first kappa shape index (κ1) is 13.2. The van der Waals surface area contributed by atoms with Gasteiger partial charge in [0.1, 0.15) is 0 Å². The van der Waals surface area contributed by atoms with Crippen LogP contribution in [0.5, 0.6) is 0 Å². The Kier molecular flexibility index (Phi) is 4.03. The lowest BCUT2D eigenvalue weighted by Gasteiger charge is -2.30. The molecule has 2 aromatic rings. The standard InChI is InChI=1S/C14H19N5O/c1-12-11-18(9-10-20-12)7-8-19-16-14(15-17-19)13-5-3-2-4-6-13/h2-6,12H,7-11H2,1H3. The van der Waals surface area contributed by atoms with Crippen molar-refractivity contribution in [3.63, 3.8) is 0 Å². The molecule has 0 radical (unpaired) electrons. The smallest absolute Gasteiger partial charge is 0.204 e. The normalized spacial score (nSPS) is 20.1. The van der Waals surface area contributed by atoms with Crippen LogP contribution in [0.15, 0.2) is 30.3 Å². The summed E-state index contributed by atoms with van der Waals surface area (Å²) in [5.41, 5.74) is 0.999. The van der Waals surface area contributed by atoms with Crippen molar-refractivity contribution in [1.82, 2.24) is 25.1 Å². The van der Waals surface area contributed by atoms with Crippen LogP contribution in [0.1, 0.15) is 6.92 Å². The number of hydrogen-bond acceptors (Lipinski definition) is 5. The highest BCUT2D eigenvalue weighted by Gasteiger charge is 2.16. The molecule has 1 saturated heterocycles. The molecule has 1 aliphatic heterocycles. The molecule has 0 spiro atoms. The van der Waals surface area contributed by atoms with Crippen LogP contribution in [0.25, 0.3) is 11.4 Å². The van der Waals surface area contributed by atoms with Gasteiger partial charge in [0.05, 0.1) is 19.3 Å². The highest BCUT2D eigenvalue weighted by atomic mass is 16.5. The molecule has 0 saturated carbocycles. The predicted molar refractivity (Wildman–Crippen MR) is 75.1 cm³/mol. The molecular formula is C14H19N5O. The third kappa shape index (κ3) is 3.20. The summed E-state index contributed by atoms with van der Waals surface area (Å²) in [6.45, 7) is 6.55. The lowest BCUT2D eigenvalue weighted by molar-refractivity contribution is -0.0197. The van der Waals surface area contributed by atoms with Crippen LogP contribution in [0, 0.1) is 0 Å². The summed E-state index contributed by atoms with van der Waals surface area (Å²) < 4.78 is 5.53. The van der Waals surface area contributed by atoms with Gasteiger partial charge in [0.25, 0.3) is 0 Å².